The van der Waals surface area contributed by atoms with Gasteiger partial charge in [-0.15, -0.1) is 0 Å². The molecular formula is C13H24O2. The van der Waals surface area contributed by atoms with Crippen LogP contribution in [0.25, 0.3) is 0 Å². The van der Waals surface area contributed by atoms with Crippen LogP contribution >= 0.6 is 0 Å². The number of carboxylic acids is 1. The van der Waals surface area contributed by atoms with E-state index in [4.69, 9.17) is 0 Å². The van der Waals surface area contributed by atoms with E-state index in [1.54, 1.807) is 0 Å². The Labute approximate surface area is 93.1 Å². The van der Waals surface area contributed by atoms with Gasteiger partial charge in [0.2, 0.25) is 0 Å². The Balaban J connectivity index is 2.95. The summed E-state index contributed by atoms with van der Waals surface area (Å²) in [5.41, 5.74) is 0.153. The summed E-state index contributed by atoms with van der Waals surface area (Å²) in [6.07, 6.45) is 5.18. The molecule has 0 radical (unpaired) electrons. The van der Waals surface area contributed by atoms with E-state index in [-0.39, 0.29) is 16.7 Å². The fraction of sp³-hybridized carbons (Fsp3) is 0.923. The van der Waals surface area contributed by atoms with Crippen molar-refractivity contribution in [3.05, 3.63) is 0 Å². The van der Waals surface area contributed by atoms with E-state index in [9.17, 15) is 9.90 Å². The molecule has 88 valence electrons. The van der Waals surface area contributed by atoms with E-state index in [1.807, 2.05) is 0 Å². The van der Waals surface area contributed by atoms with E-state index >= 15 is 0 Å². The van der Waals surface area contributed by atoms with Crippen molar-refractivity contribution in [2.75, 3.05) is 0 Å². The van der Waals surface area contributed by atoms with Gasteiger partial charge in [0.25, 0.3) is 0 Å². The minimum atomic E-state index is -0.602. The Morgan fingerprint density at radius 3 is 2.27 bits per heavy atom. The molecule has 2 unspecified atom stereocenters. The first kappa shape index (κ1) is 12.5. The molecule has 0 saturated heterocycles. The zero-order chi connectivity index (χ0) is 11.7. The van der Waals surface area contributed by atoms with Crippen LogP contribution in [0, 0.1) is 16.7 Å². The molecule has 0 aromatic carbocycles. The number of aliphatic carboxylic acids is 1. The molecule has 1 saturated carbocycles. The molecule has 2 nitrogen and oxygen atoms in total. The lowest BCUT2D eigenvalue weighted by Gasteiger charge is -2.43. The molecule has 0 bridgehead atoms. The van der Waals surface area contributed by atoms with Crippen molar-refractivity contribution < 1.29 is 9.90 Å². The van der Waals surface area contributed by atoms with Crippen LogP contribution in [0.1, 0.15) is 59.8 Å². The van der Waals surface area contributed by atoms with Crippen LogP contribution in [0.5, 0.6) is 0 Å². The number of carbonyl (C=O) groups is 1. The lowest BCUT2D eigenvalue weighted by molar-refractivity contribution is -0.150. The molecule has 2 heteroatoms. The van der Waals surface area contributed by atoms with E-state index in [2.05, 4.69) is 27.7 Å². The van der Waals surface area contributed by atoms with Crippen molar-refractivity contribution in [1.82, 2.24) is 0 Å². The Kier molecular flexibility index (Phi) is 3.47. The van der Waals surface area contributed by atoms with Crippen LogP contribution in [0.3, 0.4) is 0 Å². The Morgan fingerprint density at radius 2 is 1.93 bits per heavy atom. The molecule has 1 rings (SSSR count). The SMILES string of the molecule is CCCC(C(=O)O)C1(C)CCCC1(C)C. The predicted molar refractivity (Wildman–Crippen MR) is 61.8 cm³/mol. The number of rotatable bonds is 4. The minimum Gasteiger partial charge on any atom is -0.481 e. The van der Waals surface area contributed by atoms with Crippen molar-refractivity contribution in [2.45, 2.75) is 59.8 Å². The fourth-order valence-corrected chi connectivity index (χ4v) is 3.17. The maximum absolute atomic E-state index is 11.4. The van der Waals surface area contributed by atoms with Gasteiger partial charge < -0.3 is 5.11 Å². The molecular weight excluding hydrogens is 188 g/mol. The van der Waals surface area contributed by atoms with Crippen LogP contribution in [0.2, 0.25) is 0 Å². The van der Waals surface area contributed by atoms with Gasteiger partial charge in [-0.3, -0.25) is 4.79 Å². The fourth-order valence-electron chi connectivity index (χ4n) is 3.17. The standard InChI is InChI=1S/C13H24O2/c1-5-7-10(11(14)15)13(4)9-6-8-12(13,2)3/h10H,5-9H2,1-4H3,(H,14,15). The van der Waals surface area contributed by atoms with Gasteiger partial charge in [0.1, 0.15) is 0 Å². The number of hydrogen-bond acceptors (Lipinski definition) is 1. The highest BCUT2D eigenvalue weighted by atomic mass is 16.4. The molecule has 0 aromatic rings. The van der Waals surface area contributed by atoms with E-state index in [1.165, 1.54) is 6.42 Å². The Morgan fingerprint density at radius 1 is 1.33 bits per heavy atom. The van der Waals surface area contributed by atoms with Crippen LogP contribution in [-0.2, 0) is 4.79 Å². The molecule has 0 aliphatic heterocycles. The first-order valence-electron chi connectivity index (χ1n) is 6.08. The Hall–Kier alpha value is -0.530. The van der Waals surface area contributed by atoms with Crippen LogP contribution in [0.15, 0.2) is 0 Å². The number of hydrogen-bond donors (Lipinski definition) is 1. The summed E-state index contributed by atoms with van der Waals surface area (Å²) in [5, 5.41) is 9.36. The quantitative estimate of drug-likeness (QED) is 0.771. The second-order valence-electron chi connectivity index (χ2n) is 5.83. The van der Waals surface area contributed by atoms with Crippen molar-refractivity contribution in [3.8, 4) is 0 Å². The van der Waals surface area contributed by atoms with Gasteiger partial charge in [0.05, 0.1) is 5.92 Å². The van der Waals surface area contributed by atoms with Gasteiger partial charge in [0, 0.05) is 0 Å². The third kappa shape index (κ3) is 2.04. The van der Waals surface area contributed by atoms with Gasteiger partial charge >= 0.3 is 5.97 Å². The normalized spacial score (nSPS) is 31.5. The first-order chi connectivity index (χ1) is 6.85. The highest BCUT2D eigenvalue weighted by Crippen LogP contribution is 2.57. The first-order valence-corrected chi connectivity index (χ1v) is 6.08. The van der Waals surface area contributed by atoms with Gasteiger partial charge in [-0.2, -0.15) is 0 Å². The van der Waals surface area contributed by atoms with Crippen molar-refractivity contribution >= 4 is 5.97 Å². The summed E-state index contributed by atoms with van der Waals surface area (Å²) < 4.78 is 0. The maximum atomic E-state index is 11.4. The number of carboxylic acid groups (broad SMARTS) is 1. The average Bonchev–Trinajstić information content (AvgIpc) is 2.37. The van der Waals surface area contributed by atoms with Gasteiger partial charge in [0.15, 0.2) is 0 Å². The molecule has 1 N–H and O–H groups in total. The highest BCUT2D eigenvalue weighted by Gasteiger charge is 2.51. The van der Waals surface area contributed by atoms with E-state index < -0.39 is 5.97 Å². The molecule has 0 spiro atoms. The second kappa shape index (κ2) is 4.15. The van der Waals surface area contributed by atoms with Crippen LogP contribution < -0.4 is 0 Å². The average molecular weight is 212 g/mol. The molecule has 0 heterocycles. The second-order valence-corrected chi connectivity index (χ2v) is 5.83. The molecule has 0 amide bonds. The monoisotopic (exact) mass is 212 g/mol. The smallest absolute Gasteiger partial charge is 0.307 e. The molecule has 0 aromatic heterocycles. The summed E-state index contributed by atoms with van der Waals surface area (Å²) in [4.78, 5) is 11.4. The molecule has 2 atom stereocenters. The summed E-state index contributed by atoms with van der Waals surface area (Å²) in [5.74, 6) is -0.769. The van der Waals surface area contributed by atoms with E-state index in [0.717, 1.165) is 25.7 Å². The lowest BCUT2D eigenvalue weighted by atomic mass is 9.61. The van der Waals surface area contributed by atoms with Crippen LogP contribution in [-0.4, -0.2) is 11.1 Å². The van der Waals surface area contributed by atoms with E-state index in [0.29, 0.717) is 0 Å². The minimum absolute atomic E-state index is 0.0190. The Bertz CT molecular complexity index is 245. The maximum Gasteiger partial charge on any atom is 0.307 e. The summed E-state index contributed by atoms with van der Waals surface area (Å²) >= 11 is 0. The lowest BCUT2D eigenvalue weighted by Crippen LogP contribution is -2.41. The zero-order valence-electron chi connectivity index (χ0n) is 10.5. The third-order valence-corrected chi connectivity index (χ3v) is 4.69. The summed E-state index contributed by atoms with van der Waals surface area (Å²) in [7, 11) is 0. The summed E-state index contributed by atoms with van der Waals surface area (Å²) in [6, 6.07) is 0. The van der Waals surface area contributed by atoms with Gasteiger partial charge in [-0.05, 0) is 30.1 Å². The highest BCUT2D eigenvalue weighted by molar-refractivity contribution is 5.71. The third-order valence-electron chi connectivity index (χ3n) is 4.69. The molecule has 15 heavy (non-hydrogen) atoms. The van der Waals surface area contributed by atoms with Crippen molar-refractivity contribution in [3.63, 3.8) is 0 Å². The van der Waals surface area contributed by atoms with Crippen molar-refractivity contribution in [2.24, 2.45) is 16.7 Å². The summed E-state index contributed by atoms with van der Waals surface area (Å²) in [6.45, 7) is 8.70. The van der Waals surface area contributed by atoms with Crippen molar-refractivity contribution in [1.29, 1.82) is 0 Å². The molecule has 1 aliphatic carbocycles. The van der Waals surface area contributed by atoms with Crippen LogP contribution in [0.4, 0.5) is 0 Å². The van der Waals surface area contributed by atoms with Gasteiger partial charge in [-0.25, -0.2) is 0 Å². The topological polar surface area (TPSA) is 37.3 Å². The molecule has 1 fully saturated rings. The molecule has 1 aliphatic rings. The zero-order valence-corrected chi connectivity index (χ0v) is 10.5. The predicted octanol–water partition coefficient (Wildman–Crippen LogP) is 3.70. The largest absolute Gasteiger partial charge is 0.481 e. The van der Waals surface area contributed by atoms with Gasteiger partial charge in [-0.1, -0.05) is 40.5 Å².